The number of amides is 1. The van der Waals surface area contributed by atoms with Crippen molar-refractivity contribution in [3.05, 3.63) is 57.7 Å². The molecule has 0 radical (unpaired) electrons. The van der Waals surface area contributed by atoms with Gasteiger partial charge >= 0.3 is 0 Å². The van der Waals surface area contributed by atoms with Crippen LogP contribution >= 0.6 is 0 Å². The highest BCUT2D eigenvalue weighted by atomic mass is 19.1. The predicted octanol–water partition coefficient (Wildman–Crippen LogP) is 2.63. The highest BCUT2D eigenvalue weighted by Gasteiger charge is 2.18. The Morgan fingerprint density at radius 3 is 2.65 bits per heavy atom. The highest BCUT2D eigenvalue weighted by Crippen LogP contribution is 2.19. The van der Waals surface area contributed by atoms with Crippen LogP contribution in [0.25, 0.3) is 0 Å². The fourth-order valence-electron chi connectivity index (χ4n) is 1.78. The van der Waals surface area contributed by atoms with E-state index in [1.807, 2.05) is 0 Å². The lowest BCUT2D eigenvalue weighted by Gasteiger charge is -2.07. The number of rotatable bonds is 3. The zero-order valence-electron chi connectivity index (χ0n) is 10.9. The summed E-state index contributed by atoms with van der Waals surface area (Å²) in [5, 5.41) is 13.0. The van der Waals surface area contributed by atoms with E-state index < -0.39 is 16.6 Å². The molecule has 104 valence electrons. The maximum atomic E-state index is 13.6. The Balaban J connectivity index is 2.26. The summed E-state index contributed by atoms with van der Waals surface area (Å²) in [7, 11) is 1.51. The third kappa shape index (κ3) is 2.66. The third-order valence-electron chi connectivity index (χ3n) is 2.81. The smallest absolute Gasteiger partial charge is 0.287 e. The second-order valence-corrected chi connectivity index (χ2v) is 4.39. The van der Waals surface area contributed by atoms with Gasteiger partial charge in [-0.15, -0.1) is 0 Å². The van der Waals surface area contributed by atoms with Crippen LogP contribution in [0.4, 0.5) is 15.8 Å². The van der Waals surface area contributed by atoms with Crippen LogP contribution in [-0.4, -0.2) is 15.4 Å². The molecule has 0 unspecified atom stereocenters. The molecular formula is C13H12FN3O3. The quantitative estimate of drug-likeness (QED) is 0.692. The van der Waals surface area contributed by atoms with Crippen molar-refractivity contribution < 1.29 is 14.1 Å². The average molecular weight is 277 g/mol. The number of nitrogens with zero attached hydrogens (tertiary/aromatic N) is 2. The Morgan fingerprint density at radius 1 is 1.40 bits per heavy atom. The number of hydrogen-bond acceptors (Lipinski definition) is 3. The van der Waals surface area contributed by atoms with E-state index in [4.69, 9.17) is 0 Å². The number of benzene rings is 1. The standard InChI is InChI=1S/C13H12FN3O3/c1-8-3-4-11(10(14)5-8)15-13(18)12-6-9(17(19)20)7-16(12)2/h3-7H,1-2H3,(H,15,18). The van der Waals surface area contributed by atoms with Crippen LogP contribution < -0.4 is 5.32 Å². The molecule has 1 amide bonds. The molecule has 0 saturated carbocycles. The minimum atomic E-state index is -0.608. The van der Waals surface area contributed by atoms with Gasteiger partial charge in [0.1, 0.15) is 11.5 Å². The molecular weight excluding hydrogens is 265 g/mol. The summed E-state index contributed by atoms with van der Waals surface area (Å²) >= 11 is 0. The molecule has 1 N–H and O–H groups in total. The number of carbonyl (C=O) groups excluding carboxylic acids is 1. The van der Waals surface area contributed by atoms with Crippen LogP contribution in [0, 0.1) is 22.9 Å². The van der Waals surface area contributed by atoms with Crippen LogP contribution in [0.1, 0.15) is 16.1 Å². The first-order chi connectivity index (χ1) is 9.38. The first-order valence-corrected chi connectivity index (χ1v) is 5.76. The van der Waals surface area contributed by atoms with Gasteiger partial charge in [0.15, 0.2) is 0 Å². The minimum Gasteiger partial charge on any atom is -0.340 e. The summed E-state index contributed by atoms with van der Waals surface area (Å²) in [6, 6.07) is 5.54. The molecule has 2 rings (SSSR count). The highest BCUT2D eigenvalue weighted by molar-refractivity contribution is 6.03. The average Bonchev–Trinajstić information content (AvgIpc) is 2.75. The lowest BCUT2D eigenvalue weighted by atomic mass is 10.2. The summed E-state index contributed by atoms with van der Waals surface area (Å²) in [4.78, 5) is 22.0. The Bertz CT molecular complexity index is 694. The zero-order chi connectivity index (χ0) is 14.9. The van der Waals surface area contributed by atoms with Gasteiger partial charge in [0.25, 0.3) is 11.6 Å². The molecule has 0 spiro atoms. The minimum absolute atomic E-state index is 0.0319. The molecule has 0 fully saturated rings. The van der Waals surface area contributed by atoms with Gasteiger partial charge in [-0.1, -0.05) is 6.07 Å². The Labute approximate surface area is 114 Å². The topological polar surface area (TPSA) is 77.2 Å². The van der Waals surface area contributed by atoms with Crippen molar-refractivity contribution in [3.8, 4) is 0 Å². The molecule has 1 heterocycles. The Morgan fingerprint density at radius 2 is 2.10 bits per heavy atom. The number of nitro groups is 1. The van der Waals surface area contributed by atoms with Crippen molar-refractivity contribution in [2.24, 2.45) is 7.05 Å². The third-order valence-corrected chi connectivity index (χ3v) is 2.81. The van der Waals surface area contributed by atoms with Crippen LogP contribution in [-0.2, 0) is 7.05 Å². The van der Waals surface area contributed by atoms with Crippen LogP contribution in [0.5, 0.6) is 0 Å². The van der Waals surface area contributed by atoms with Crippen molar-refractivity contribution >= 4 is 17.3 Å². The van der Waals surface area contributed by atoms with E-state index in [1.165, 1.54) is 29.9 Å². The van der Waals surface area contributed by atoms with E-state index in [0.29, 0.717) is 0 Å². The van der Waals surface area contributed by atoms with E-state index in [1.54, 1.807) is 13.0 Å². The summed E-state index contributed by atoms with van der Waals surface area (Å²) < 4.78 is 14.9. The first-order valence-electron chi connectivity index (χ1n) is 5.76. The normalized spacial score (nSPS) is 10.3. The predicted molar refractivity (Wildman–Crippen MR) is 71.2 cm³/mol. The van der Waals surface area contributed by atoms with Gasteiger partial charge in [0.05, 0.1) is 16.8 Å². The fraction of sp³-hybridized carbons (Fsp3) is 0.154. The molecule has 0 aliphatic heterocycles. The molecule has 2 aromatic rings. The lowest BCUT2D eigenvalue weighted by molar-refractivity contribution is -0.384. The van der Waals surface area contributed by atoms with Crippen LogP contribution in [0.2, 0.25) is 0 Å². The second kappa shape index (κ2) is 5.12. The van der Waals surface area contributed by atoms with Crippen LogP contribution in [0.3, 0.4) is 0 Å². The molecule has 0 aliphatic carbocycles. The number of carbonyl (C=O) groups is 1. The van der Waals surface area contributed by atoms with E-state index in [2.05, 4.69) is 5.32 Å². The maximum Gasteiger partial charge on any atom is 0.287 e. The van der Waals surface area contributed by atoms with E-state index in [-0.39, 0.29) is 17.1 Å². The van der Waals surface area contributed by atoms with Gasteiger partial charge in [0.2, 0.25) is 0 Å². The molecule has 0 atom stereocenters. The van der Waals surface area contributed by atoms with Crippen molar-refractivity contribution in [2.75, 3.05) is 5.32 Å². The molecule has 0 bridgehead atoms. The number of aromatic nitrogens is 1. The SMILES string of the molecule is Cc1ccc(NC(=O)c2cc([N+](=O)[O-])cn2C)c(F)c1. The first kappa shape index (κ1) is 13.7. The van der Waals surface area contributed by atoms with Crippen molar-refractivity contribution in [1.29, 1.82) is 0 Å². The molecule has 1 aromatic heterocycles. The van der Waals surface area contributed by atoms with E-state index in [9.17, 15) is 19.3 Å². The number of halogens is 1. The zero-order valence-corrected chi connectivity index (χ0v) is 10.9. The molecule has 7 heteroatoms. The van der Waals surface area contributed by atoms with Crippen molar-refractivity contribution in [3.63, 3.8) is 0 Å². The Hall–Kier alpha value is -2.70. The fourth-order valence-corrected chi connectivity index (χ4v) is 1.78. The maximum absolute atomic E-state index is 13.6. The molecule has 0 aliphatic rings. The van der Waals surface area contributed by atoms with E-state index in [0.717, 1.165) is 11.6 Å². The van der Waals surface area contributed by atoms with Gasteiger partial charge in [-0.2, -0.15) is 0 Å². The summed E-state index contributed by atoms with van der Waals surface area (Å²) in [5.74, 6) is -1.16. The van der Waals surface area contributed by atoms with E-state index >= 15 is 0 Å². The largest absolute Gasteiger partial charge is 0.340 e. The van der Waals surface area contributed by atoms with Gasteiger partial charge < -0.3 is 9.88 Å². The van der Waals surface area contributed by atoms with Gasteiger partial charge in [-0.3, -0.25) is 14.9 Å². The Kier molecular flexibility index (Phi) is 3.51. The van der Waals surface area contributed by atoms with Crippen molar-refractivity contribution in [1.82, 2.24) is 4.57 Å². The lowest BCUT2D eigenvalue weighted by Crippen LogP contribution is -2.16. The number of aryl methyl sites for hydroxylation is 2. The number of anilines is 1. The van der Waals surface area contributed by atoms with Gasteiger partial charge in [-0.25, -0.2) is 4.39 Å². The molecule has 20 heavy (non-hydrogen) atoms. The molecule has 6 nitrogen and oxygen atoms in total. The summed E-state index contributed by atoms with van der Waals surface area (Å²) in [6.45, 7) is 1.73. The molecule has 0 saturated heterocycles. The number of nitrogens with one attached hydrogen (secondary N) is 1. The monoisotopic (exact) mass is 277 g/mol. The summed E-state index contributed by atoms with van der Waals surface area (Å²) in [6.07, 6.45) is 1.22. The number of hydrogen-bond donors (Lipinski definition) is 1. The summed E-state index contributed by atoms with van der Waals surface area (Å²) in [5.41, 5.74) is 0.651. The van der Waals surface area contributed by atoms with Crippen LogP contribution in [0.15, 0.2) is 30.5 Å². The second-order valence-electron chi connectivity index (χ2n) is 4.39. The molecule has 1 aromatic carbocycles. The van der Waals surface area contributed by atoms with Gasteiger partial charge in [-0.05, 0) is 24.6 Å². The van der Waals surface area contributed by atoms with Crippen molar-refractivity contribution in [2.45, 2.75) is 6.92 Å². The van der Waals surface area contributed by atoms with Gasteiger partial charge in [0, 0.05) is 13.1 Å².